The van der Waals surface area contributed by atoms with Gasteiger partial charge in [0.15, 0.2) is 0 Å². The Morgan fingerprint density at radius 2 is 1.59 bits per heavy atom. The third-order valence-corrected chi connectivity index (χ3v) is 6.99. The number of hydrogen-bond acceptors (Lipinski definition) is 5. The molecule has 0 radical (unpaired) electrons. The maximum absolute atomic E-state index is 13.5. The summed E-state index contributed by atoms with van der Waals surface area (Å²) in [5, 5.41) is 4.01. The zero-order valence-electron chi connectivity index (χ0n) is 22.8. The number of para-hydroxylation sites is 1. The Bertz CT molecular complexity index is 1560. The fraction of sp³-hybridized carbons (Fsp3) is 0.281. The highest BCUT2D eigenvalue weighted by Gasteiger charge is 2.22. The van der Waals surface area contributed by atoms with Crippen molar-refractivity contribution >= 4 is 40.1 Å². The summed E-state index contributed by atoms with van der Waals surface area (Å²) >= 11 is 6.41. The van der Waals surface area contributed by atoms with Gasteiger partial charge in [-0.3, -0.25) is 9.59 Å². The van der Waals surface area contributed by atoms with E-state index in [9.17, 15) is 14.4 Å². The molecule has 0 saturated heterocycles. The third-order valence-electron chi connectivity index (χ3n) is 6.64. The molecular formula is C32H32ClNO5. The molecule has 0 aliphatic rings. The molecule has 1 aromatic heterocycles. The first-order valence-corrected chi connectivity index (χ1v) is 13.3. The Balaban J connectivity index is 1.84. The first-order valence-electron chi connectivity index (χ1n) is 13.0. The van der Waals surface area contributed by atoms with E-state index in [1.165, 1.54) is 6.92 Å². The number of rotatable bonds is 8. The van der Waals surface area contributed by atoms with Crippen LogP contribution in [0.25, 0.3) is 22.1 Å². The molecular weight excluding hydrogens is 514 g/mol. The monoisotopic (exact) mass is 545 g/mol. The number of halogens is 1. The first-order chi connectivity index (χ1) is 18.6. The standard InChI is InChI=1S/C32H32ClNO5/c1-18(2)23-12-9-13-24(19(3)4)31(23)34-29(36)15-26-30(21-10-7-6-8-11-21)25-14-22(17-38-20(5)35)27(33)16-28(25)39-32(26)37/h6-14,16,18-19H,15,17H2,1-5H3,(H,34,36). The van der Waals surface area contributed by atoms with Gasteiger partial charge < -0.3 is 14.5 Å². The maximum Gasteiger partial charge on any atom is 0.340 e. The Morgan fingerprint density at radius 1 is 0.949 bits per heavy atom. The van der Waals surface area contributed by atoms with Gasteiger partial charge in [0.05, 0.1) is 17.0 Å². The van der Waals surface area contributed by atoms with Crippen molar-refractivity contribution < 1.29 is 18.7 Å². The van der Waals surface area contributed by atoms with E-state index in [2.05, 4.69) is 33.0 Å². The number of benzene rings is 3. The van der Waals surface area contributed by atoms with Crippen LogP contribution in [0, 0.1) is 0 Å². The molecule has 0 saturated carbocycles. The molecule has 1 amide bonds. The van der Waals surface area contributed by atoms with Gasteiger partial charge in [-0.25, -0.2) is 4.79 Å². The molecule has 0 bridgehead atoms. The van der Waals surface area contributed by atoms with E-state index < -0.39 is 11.6 Å². The lowest BCUT2D eigenvalue weighted by Gasteiger charge is -2.20. The fourth-order valence-electron chi connectivity index (χ4n) is 4.73. The third kappa shape index (κ3) is 6.23. The summed E-state index contributed by atoms with van der Waals surface area (Å²) in [5.74, 6) is -0.355. The molecule has 0 aliphatic heterocycles. The molecule has 0 unspecified atom stereocenters. The van der Waals surface area contributed by atoms with E-state index in [4.69, 9.17) is 20.8 Å². The maximum atomic E-state index is 13.5. The molecule has 0 atom stereocenters. The number of fused-ring (bicyclic) bond motifs is 1. The van der Waals surface area contributed by atoms with Gasteiger partial charge in [0.1, 0.15) is 12.2 Å². The minimum Gasteiger partial charge on any atom is -0.461 e. The van der Waals surface area contributed by atoms with Gasteiger partial charge in [0, 0.05) is 35.2 Å². The van der Waals surface area contributed by atoms with Gasteiger partial charge in [-0.1, -0.05) is 87.8 Å². The molecule has 202 valence electrons. The van der Waals surface area contributed by atoms with Crippen molar-refractivity contribution in [3.8, 4) is 11.1 Å². The number of nitrogens with one attached hydrogen (secondary N) is 1. The summed E-state index contributed by atoms with van der Waals surface area (Å²) in [5.41, 5.74) is 4.67. The van der Waals surface area contributed by atoms with Crippen LogP contribution in [-0.2, 0) is 27.4 Å². The van der Waals surface area contributed by atoms with Crippen molar-refractivity contribution in [2.24, 2.45) is 0 Å². The molecule has 1 heterocycles. The highest BCUT2D eigenvalue weighted by molar-refractivity contribution is 6.32. The Kier molecular flexibility index (Phi) is 8.56. The van der Waals surface area contributed by atoms with Crippen LogP contribution in [0.5, 0.6) is 0 Å². The Hall–Kier alpha value is -3.90. The second-order valence-electron chi connectivity index (χ2n) is 10.2. The molecule has 0 aliphatic carbocycles. The van der Waals surface area contributed by atoms with E-state index >= 15 is 0 Å². The Labute approximate surface area is 232 Å². The summed E-state index contributed by atoms with van der Waals surface area (Å²) in [6.07, 6.45) is -0.186. The number of anilines is 1. The van der Waals surface area contributed by atoms with E-state index in [1.807, 2.05) is 48.5 Å². The predicted octanol–water partition coefficient (Wildman–Crippen LogP) is 7.60. The average Bonchev–Trinajstić information content (AvgIpc) is 2.88. The van der Waals surface area contributed by atoms with Gasteiger partial charge in [0.2, 0.25) is 5.91 Å². The lowest BCUT2D eigenvalue weighted by atomic mass is 9.92. The zero-order valence-corrected chi connectivity index (χ0v) is 23.5. The van der Waals surface area contributed by atoms with Gasteiger partial charge in [-0.2, -0.15) is 0 Å². The van der Waals surface area contributed by atoms with Gasteiger partial charge in [-0.05, 0) is 34.6 Å². The van der Waals surface area contributed by atoms with E-state index in [0.29, 0.717) is 21.5 Å². The van der Waals surface area contributed by atoms with Crippen molar-refractivity contribution in [2.45, 2.75) is 59.5 Å². The van der Waals surface area contributed by atoms with Crippen molar-refractivity contribution in [3.05, 3.63) is 98.4 Å². The number of amides is 1. The molecule has 0 spiro atoms. The van der Waals surface area contributed by atoms with Crippen molar-refractivity contribution in [2.75, 3.05) is 5.32 Å². The molecule has 39 heavy (non-hydrogen) atoms. The van der Waals surface area contributed by atoms with E-state index in [-0.39, 0.29) is 41.9 Å². The summed E-state index contributed by atoms with van der Waals surface area (Å²) in [6, 6.07) is 18.7. The summed E-state index contributed by atoms with van der Waals surface area (Å²) in [7, 11) is 0. The lowest BCUT2D eigenvalue weighted by molar-refractivity contribution is -0.142. The Morgan fingerprint density at radius 3 is 2.18 bits per heavy atom. The predicted molar refractivity (Wildman–Crippen MR) is 155 cm³/mol. The molecule has 0 fully saturated rings. The molecule has 3 aromatic carbocycles. The first kappa shape index (κ1) is 28.1. The molecule has 7 heteroatoms. The van der Waals surface area contributed by atoms with Crippen LogP contribution < -0.4 is 10.9 Å². The summed E-state index contributed by atoms with van der Waals surface area (Å²) < 4.78 is 10.8. The number of carbonyl (C=O) groups is 2. The highest BCUT2D eigenvalue weighted by Crippen LogP contribution is 2.35. The van der Waals surface area contributed by atoms with Crippen LogP contribution in [0.4, 0.5) is 5.69 Å². The summed E-state index contributed by atoms with van der Waals surface area (Å²) in [6.45, 7) is 9.62. The van der Waals surface area contributed by atoms with Crippen LogP contribution in [-0.4, -0.2) is 11.9 Å². The smallest absolute Gasteiger partial charge is 0.340 e. The van der Waals surface area contributed by atoms with E-state index in [0.717, 1.165) is 22.4 Å². The molecule has 4 rings (SSSR count). The fourth-order valence-corrected chi connectivity index (χ4v) is 4.94. The number of ether oxygens (including phenoxy) is 1. The highest BCUT2D eigenvalue weighted by atomic mass is 35.5. The second kappa shape index (κ2) is 11.9. The number of esters is 1. The van der Waals surface area contributed by atoms with Crippen LogP contribution in [0.15, 0.2) is 69.9 Å². The lowest BCUT2D eigenvalue weighted by Crippen LogP contribution is -2.22. The molecule has 6 nitrogen and oxygen atoms in total. The van der Waals surface area contributed by atoms with Crippen LogP contribution >= 0.6 is 11.6 Å². The van der Waals surface area contributed by atoms with Crippen molar-refractivity contribution in [1.82, 2.24) is 0 Å². The average molecular weight is 546 g/mol. The normalized spacial score (nSPS) is 11.3. The quantitative estimate of drug-likeness (QED) is 0.182. The van der Waals surface area contributed by atoms with Gasteiger partial charge >= 0.3 is 11.6 Å². The second-order valence-corrected chi connectivity index (χ2v) is 10.6. The topological polar surface area (TPSA) is 85.6 Å². The van der Waals surface area contributed by atoms with Crippen LogP contribution in [0.1, 0.15) is 68.7 Å². The van der Waals surface area contributed by atoms with Crippen molar-refractivity contribution in [1.29, 1.82) is 0 Å². The number of hydrogen-bond donors (Lipinski definition) is 1. The largest absolute Gasteiger partial charge is 0.461 e. The molecule has 4 aromatic rings. The van der Waals surface area contributed by atoms with Crippen LogP contribution in [0.2, 0.25) is 5.02 Å². The van der Waals surface area contributed by atoms with Gasteiger partial charge in [-0.15, -0.1) is 0 Å². The minimum atomic E-state index is -0.610. The van der Waals surface area contributed by atoms with Crippen LogP contribution in [0.3, 0.4) is 0 Å². The minimum absolute atomic E-state index is 0.0305. The van der Waals surface area contributed by atoms with Crippen molar-refractivity contribution in [3.63, 3.8) is 0 Å². The molecule has 1 N–H and O–H groups in total. The zero-order chi connectivity index (χ0) is 28.3. The summed E-state index contributed by atoms with van der Waals surface area (Å²) in [4.78, 5) is 38.3. The van der Waals surface area contributed by atoms with E-state index in [1.54, 1.807) is 12.1 Å². The number of carbonyl (C=O) groups excluding carboxylic acids is 2. The SMILES string of the molecule is CC(=O)OCc1cc2c(-c3ccccc3)c(CC(=O)Nc3c(C(C)C)cccc3C(C)C)c(=O)oc2cc1Cl. The van der Waals surface area contributed by atoms with Gasteiger partial charge in [0.25, 0.3) is 0 Å².